The highest BCUT2D eigenvalue weighted by Crippen LogP contribution is 2.18. The summed E-state index contributed by atoms with van der Waals surface area (Å²) in [5.41, 5.74) is 2.26. The molecular formula is C16H31IN6O2S. The number of hydrogen-bond acceptors (Lipinski definition) is 4. The molecule has 2 rings (SSSR count). The Bertz CT molecular complexity index is 716. The van der Waals surface area contributed by atoms with Gasteiger partial charge in [-0.2, -0.15) is 5.10 Å². The zero-order chi connectivity index (χ0) is 18.6. The first kappa shape index (κ1) is 23.2. The van der Waals surface area contributed by atoms with Gasteiger partial charge in [-0.1, -0.05) is 13.8 Å². The van der Waals surface area contributed by atoms with Gasteiger partial charge in [-0.25, -0.2) is 12.7 Å². The number of halogens is 1. The fourth-order valence-corrected chi connectivity index (χ4v) is 4.64. The van der Waals surface area contributed by atoms with Crippen LogP contribution in [0.2, 0.25) is 0 Å². The Kier molecular flexibility index (Phi) is 8.80. The Labute approximate surface area is 174 Å². The minimum atomic E-state index is -3.04. The highest BCUT2D eigenvalue weighted by atomic mass is 127. The minimum absolute atomic E-state index is 0. The molecule has 1 saturated heterocycles. The number of rotatable bonds is 6. The third-order valence-corrected chi connectivity index (χ3v) is 6.27. The number of nitrogens with one attached hydrogen (secondary N) is 1. The van der Waals surface area contributed by atoms with Crippen molar-refractivity contribution in [1.29, 1.82) is 0 Å². The predicted molar refractivity (Wildman–Crippen MR) is 116 cm³/mol. The lowest BCUT2D eigenvalue weighted by Crippen LogP contribution is -2.42. The van der Waals surface area contributed by atoms with Crippen LogP contribution in [0, 0.1) is 0 Å². The summed E-state index contributed by atoms with van der Waals surface area (Å²) in [5.74, 6) is 1.37. The second-order valence-electron chi connectivity index (χ2n) is 6.77. The van der Waals surface area contributed by atoms with Crippen LogP contribution < -0.4 is 5.32 Å². The van der Waals surface area contributed by atoms with E-state index in [1.807, 2.05) is 29.9 Å². The lowest BCUT2D eigenvalue weighted by molar-refractivity contribution is 0.432. The van der Waals surface area contributed by atoms with Crippen molar-refractivity contribution >= 4 is 40.0 Å². The van der Waals surface area contributed by atoms with Crippen LogP contribution in [0.1, 0.15) is 37.4 Å². The van der Waals surface area contributed by atoms with Gasteiger partial charge < -0.3 is 10.2 Å². The molecule has 0 amide bonds. The molecule has 0 unspecified atom stereocenters. The highest BCUT2D eigenvalue weighted by molar-refractivity contribution is 14.0. The summed E-state index contributed by atoms with van der Waals surface area (Å²) >= 11 is 0. The molecule has 8 nitrogen and oxygen atoms in total. The van der Waals surface area contributed by atoms with Gasteiger partial charge in [0, 0.05) is 59.1 Å². The molecule has 0 bridgehead atoms. The van der Waals surface area contributed by atoms with E-state index in [0.717, 1.165) is 18.1 Å². The van der Waals surface area contributed by atoms with E-state index in [9.17, 15) is 8.42 Å². The summed E-state index contributed by atoms with van der Waals surface area (Å²) < 4.78 is 27.1. The Morgan fingerprint density at radius 3 is 2.69 bits per heavy atom. The van der Waals surface area contributed by atoms with Crippen LogP contribution in [-0.4, -0.2) is 72.8 Å². The van der Waals surface area contributed by atoms with E-state index in [4.69, 9.17) is 0 Å². The number of hydrogen-bond donors (Lipinski definition) is 1. The smallest absolute Gasteiger partial charge is 0.214 e. The second-order valence-corrected chi connectivity index (χ2v) is 8.86. The summed E-state index contributed by atoms with van der Waals surface area (Å²) in [6.07, 6.45) is 2.76. The maximum absolute atomic E-state index is 11.8. The lowest BCUT2D eigenvalue weighted by atomic mass is 10.1. The van der Waals surface area contributed by atoms with Crippen LogP contribution in [0.3, 0.4) is 0 Å². The van der Waals surface area contributed by atoms with E-state index in [0.29, 0.717) is 32.1 Å². The lowest BCUT2D eigenvalue weighted by Gasteiger charge is -2.23. The van der Waals surface area contributed by atoms with Gasteiger partial charge in [0.1, 0.15) is 0 Å². The van der Waals surface area contributed by atoms with Crippen LogP contribution in [0.25, 0.3) is 0 Å². The molecule has 150 valence electrons. The van der Waals surface area contributed by atoms with E-state index >= 15 is 0 Å². The van der Waals surface area contributed by atoms with E-state index in [1.54, 1.807) is 11.4 Å². The fraction of sp³-hybridized carbons (Fsp3) is 0.750. The molecule has 1 aliphatic rings. The van der Waals surface area contributed by atoms with Crippen LogP contribution in [0.4, 0.5) is 0 Å². The van der Waals surface area contributed by atoms with E-state index < -0.39 is 10.0 Å². The Morgan fingerprint density at radius 1 is 1.46 bits per heavy atom. The molecule has 10 heteroatoms. The van der Waals surface area contributed by atoms with Crippen molar-refractivity contribution in [3.8, 4) is 0 Å². The maximum atomic E-state index is 11.8. The fourth-order valence-electron chi connectivity index (χ4n) is 3.11. The van der Waals surface area contributed by atoms with Gasteiger partial charge in [0.05, 0.1) is 11.4 Å². The molecule has 1 fully saturated rings. The first-order valence-corrected chi connectivity index (χ1v) is 10.3. The van der Waals surface area contributed by atoms with Crippen molar-refractivity contribution in [2.24, 2.45) is 12.0 Å². The summed E-state index contributed by atoms with van der Waals surface area (Å²) in [7, 11) is 2.59. The van der Waals surface area contributed by atoms with Gasteiger partial charge in [0.2, 0.25) is 10.0 Å². The van der Waals surface area contributed by atoms with Crippen molar-refractivity contribution in [2.75, 3.05) is 39.5 Å². The highest BCUT2D eigenvalue weighted by Gasteiger charge is 2.27. The van der Waals surface area contributed by atoms with Gasteiger partial charge >= 0.3 is 0 Å². The molecule has 0 atom stereocenters. The van der Waals surface area contributed by atoms with Crippen molar-refractivity contribution < 1.29 is 8.42 Å². The molecule has 1 aromatic heterocycles. The van der Waals surface area contributed by atoms with Crippen LogP contribution in [-0.2, 0) is 23.6 Å². The number of guanidine groups is 1. The third kappa shape index (κ3) is 5.81. The largest absolute Gasteiger partial charge is 0.355 e. The van der Waals surface area contributed by atoms with Crippen molar-refractivity contribution in [2.45, 2.75) is 32.7 Å². The normalized spacial score (nSPS) is 17.4. The number of aromatic nitrogens is 2. The number of nitrogens with zero attached hydrogens (tertiary/aromatic N) is 5. The molecular weight excluding hydrogens is 467 g/mol. The Hall–Kier alpha value is -0.880. The molecule has 1 aromatic rings. The molecule has 1 aliphatic heterocycles. The number of aryl methyl sites for hydroxylation is 1. The van der Waals surface area contributed by atoms with Gasteiger partial charge in [0.25, 0.3) is 0 Å². The minimum Gasteiger partial charge on any atom is -0.355 e. The van der Waals surface area contributed by atoms with Crippen LogP contribution >= 0.6 is 24.0 Å². The Morgan fingerprint density at radius 2 is 2.15 bits per heavy atom. The van der Waals surface area contributed by atoms with Crippen LogP contribution in [0.5, 0.6) is 0 Å². The Balaban J connectivity index is 0.00000338. The predicted octanol–water partition coefficient (Wildman–Crippen LogP) is 1.20. The molecule has 26 heavy (non-hydrogen) atoms. The summed E-state index contributed by atoms with van der Waals surface area (Å²) in [6, 6.07) is 0. The zero-order valence-electron chi connectivity index (χ0n) is 16.3. The van der Waals surface area contributed by atoms with Gasteiger partial charge in [-0.3, -0.25) is 9.67 Å². The quantitative estimate of drug-likeness (QED) is 0.362. The van der Waals surface area contributed by atoms with E-state index in [-0.39, 0.29) is 29.7 Å². The van der Waals surface area contributed by atoms with E-state index in [2.05, 4.69) is 29.3 Å². The molecule has 0 aliphatic carbocycles. The SMILES string of the molecule is CN=C(NCCN1CCCS1(=O)=O)N(C)Cc1cn(C)nc1C(C)C.I. The monoisotopic (exact) mass is 498 g/mol. The summed E-state index contributed by atoms with van der Waals surface area (Å²) in [6.45, 7) is 6.60. The summed E-state index contributed by atoms with van der Waals surface area (Å²) in [4.78, 5) is 6.33. The van der Waals surface area contributed by atoms with Crippen molar-refractivity contribution in [1.82, 2.24) is 24.3 Å². The molecule has 0 aromatic carbocycles. The summed E-state index contributed by atoms with van der Waals surface area (Å²) in [5, 5.41) is 7.79. The number of aliphatic imine (C=N–C) groups is 1. The molecule has 0 saturated carbocycles. The van der Waals surface area contributed by atoms with E-state index in [1.165, 1.54) is 5.56 Å². The van der Waals surface area contributed by atoms with Crippen LogP contribution in [0.15, 0.2) is 11.2 Å². The zero-order valence-corrected chi connectivity index (χ0v) is 19.4. The first-order valence-electron chi connectivity index (χ1n) is 8.66. The maximum Gasteiger partial charge on any atom is 0.214 e. The molecule has 0 radical (unpaired) electrons. The van der Waals surface area contributed by atoms with Gasteiger partial charge in [0.15, 0.2) is 5.96 Å². The van der Waals surface area contributed by atoms with Crippen molar-refractivity contribution in [3.05, 3.63) is 17.5 Å². The standard InChI is InChI=1S/C16H30N6O2S.HI/c1-13(2)15-14(12-21(5)19-15)11-20(4)16(17-3)18-7-9-22-8-6-10-25(22,23)24;/h12-13H,6-11H2,1-5H3,(H,17,18);1H. The molecule has 1 N–H and O–H groups in total. The first-order chi connectivity index (χ1) is 11.7. The molecule has 2 heterocycles. The molecule has 0 spiro atoms. The second kappa shape index (κ2) is 9.88. The van der Waals surface area contributed by atoms with Gasteiger partial charge in [-0.15, -0.1) is 24.0 Å². The number of sulfonamides is 1. The van der Waals surface area contributed by atoms with Crippen molar-refractivity contribution in [3.63, 3.8) is 0 Å². The topological polar surface area (TPSA) is 82.8 Å². The average Bonchev–Trinajstić information content (AvgIpc) is 3.05. The third-order valence-electron chi connectivity index (χ3n) is 4.31. The average molecular weight is 498 g/mol. The van der Waals surface area contributed by atoms with Gasteiger partial charge in [-0.05, 0) is 12.3 Å².